The molecule has 0 aliphatic heterocycles. The van der Waals surface area contributed by atoms with Gasteiger partial charge in [-0.15, -0.1) is 0 Å². The summed E-state index contributed by atoms with van der Waals surface area (Å²) in [5.74, 6) is 0.748. The fraction of sp³-hybridized carbons (Fsp3) is 0.611. The van der Waals surface area contributed by atoms with E-state index in [0.717, 1.165) is 24.2 Å². The molecule has 1 fully saturated rings. The third-order valence-corrected chi connectivity index (χ3v) is 5.06. The smallest absolute Gasteiger partial charge is 0.239 e. The topological polar surface area (TPSA) is 76.8 Å². The van der Waals surface area contributed by atoms with Crippen LogP contribution in [0, 0.1) is 6.92 Å². The van der Waals surface area contributed by atoms with Crippen molar-refractivity contribution in [2.24, 2.45) is 0 Å². The molecule has 3 rings (SSSR count). The van der Waals surface area contributed by atoms with Crippen LogP contribution in [0.4, 0.5) is 5.82 Å². The van der Waals surface area contributed by atoms with Gasteiger partial charge in [-0.3, -0.25) is 9.48 Å². The van der Waals surface area contributed by atoms with E-state index in [1.165, 1.54) is 12.8 Å². The molecule has 0 bridgehead atoms. The van der Waals surface area contributed by atoms with Gasteiger partial charge in [0.25, 0.3) is 0 Å². The standard InChI is InChI=1S/C18H28N6O/c1-13-10-21-23(12-13)15(3)14(2)19-11-18(25)22-17-8-9-20-24(17)16-6-4-5-7-16/h8-10,12,14-16,19H,4-7,11H2,1-3H3,(H,22,25)/t14-,15+/m0/s1. The maximum atomic E-state index is 12.3. The number of nitrogens with one attached hydrogen (secondary N) is 2. The molecular weight excluding hydrogens is 316 g/mol. The Morgan fingerprint density at radius 1 is 1.32 bits per heavy atom. The first-order valence-electron chi connectivity index (χ1n) is 9.12. The lowest BCUT2D eigenvalue weighted by Gasteiger charge is -2.22. The van der Waals surface area contributed by atoms with Gasteiger partial charge in [0.15, 0.2) is 0 Å². The minimum Gasteiger partial charge on any atom is -0.310 e. The number of hydrogen-bond acceptors (Lipinski definition) is 4. The number of aryl methyl sites for hydroxylation is 1. The number of amides is 1. The lowest BCUT2D eigenvalue weighted by molar-refractivity contribution is -0.115. The van der Waals surface area contributed by atoms with Crippen molar-refractivity contribution in [3.05, 3.63) is 30.2 Å². The van der Waals surface area contributed by atoms with E-state index in [1.54, 1.807) is 6.20 Å². The van der Waals surface area contributed by atoms with E-state index in [4.69, 9.17) is 0 Å². The molecule has 2 heterocycles. The molecule has 0 saturated heterocycles. The zero-order chi connectivity index (χ0) is 17.8. The largest absolute Gasteiger partial charge is 0.310 e. The highest BCUT2D eigenvalue weighted by atomic mass is 16.2. The van der Waals surface area contributed by atoms with E-state index >= 15 is 0 Å². The summed E-state index contributed by atoms with van der Waals surface area (Å²) in [5, 5.41) is 15.0. The van der Waals surface area contributed by atoms with Gasteiger partial charge in [0.1, 0.15) is 5.82 Å². The second-order valence-corrected chi connectivity index (χ2v) is 7.06. The highest BCUT2D eigenvalue weighted by Crippen LogP contribution is 2.31. The highest BCUT2D eigenvalue weighted by molar-refractivity contribution is 5.91. The lowest BCUT2D eigenvalue weighted by Crippen LogP contribution is -2.39. The molecule has 2 aromatic heterocycles. The van der Waals surface area contributed by atoms with Crippen LogP contribution in [0.1, 0.15) is 57.2 Å². The molecule has 25 heavy (non-hydrogen) atoms. The zero-order valence-electron chi connectivity index (χ0n) is 15.3. The van der Waals surface area contributed by atoms with Gasteiger partial charge in [0.05, 0.1) is 31.0 Å². The fourth-order valence-electron chi connectivity index (χ4n) is 3.35. The molecule has 1 aliphatic rings. The minimum absolute atomic E-state index is 0.0459. The Labute approximate surface area is 148 Å². The summed E-state index contributed by atoms with van der Waals surface area (Å²) in [6.07, 6.45) is 10.4. The van der Waals surface area contributed by atoms with Crippen LogP contribution in [-0.2, 0) is 4.79 Å². The van der Waals surface area contributed by atoms with Gasteiger partial charge in [-0.2, -0.15) is 10.2 Å². The Balaban J connectivity index is 1.50. The summed E-state index contributed by atoms with van der Waals surface area (Å²) in [6, 6.07) is 2.59. The highest BCUT2D eigenvalue weighted by Gasteiger charge is 2.21. The van der Waals surface area contributed by atoms with Crippen molar-refractivity contribution in [2.45, 2.75) is 64.6 Å². The summed E-state index contributed by atoms with van der Waals surface area (Å²) in [6.45, 7) is 6.45. The maximum absolute atomic E-state index is 12.3. The van der Waals surface area contributed by atoms with Gasteiger partial charge < -0.3 is 10.6 Å². The van der Waals surface area contributed by atoms with E-state index in [9.17, 15) is 4.79 Å². The van der Waals surface area contributed by atoms with Crippen LogP contribution in [0.3, 0.4) is 0 Å². The van der Waals surface area contributed by atoms with Crippen molar-refractivity contribution in [3.63, 3.8) is 0 Å². The maximum Gasteiger partial charge on any atom is 0.239 e. The van der Waals surface area contributed by atoms with E-state index in [-0.39, 0.29) is 24.5 Å². The van der Waals surface area contributed by atoms with Crippen LogP contribution in [-0.4, -0.2) is 38.1 Å². The summed E-state index contributed by atoms with van der Waals surface area (Å²) in [5.41, 5.74) is 1.14. The first kappa shape index (κ1) is 17.7. The second kappa shape index (κ2) is 7.82. The quantitative estimate of drug-likeness (QED) is 0.809. The van der Waals surface area contributed by atoms with Crippen molar-refractivity contribution < 1.29 is 4.79 Å². The van der Waals surface area contributed by atoms with Crippen molar-refractivity contribution in [1.82, 2.24) is 24.9 Å². The van der Waals surface area contributed by atoms with Crippen LogP contribution >= 0.6 is 0 Å². The Kier molecular flexibility index (Phi) is 5.53. The molecule has 0 unspecified atom stereocenters. The van der Waals surface area contributed by atoms with Crippen LogP contribution in [0.5, 0.6) is 0 Å². The third kappa shape index (κ3) is 4.28. The normalized spacial score (nSPS) is 17.6. The number of rotatable bonds is 7. The predicted octanol–water partition coefficient (Wildman–Crippen LogP) is 2.68. The number of nitrogens with zero attached hydrogens (tertiary/aromatic N) is 4. The van der Waals surface area contributed by atoms with Crippen LogP contribution in [0.15, 0.2) is 24.7 Å². The minimum atomic E-state index is -0.0459. The lowest BCUT2D eigenvalue weighted by atomic mass is 10.2. The van der Waals surface area contributed by atoms with Crippen LogP contribution in [0.25, 0.3) is 0 Å². The monoisotopic (exact) mass is 344 g/mol. The molecule has 2 aromatic rings. The Morgan fingerprint density at radius 3 is 2.76 bits per heavy atom. The molecule has 0 aromatic carbocycles. The predicted molar refractivity (Wildman–Crippen MR) is 97.5 cm³/mol. The van der Waals surface area contributed by atoms with Gasteiger partial charge in [-0.05, 0) is 39.2 Å². The first-order valence-corrected chi connectivity index (χ1v) is 9.12. The summed E-state index contributed by atoms with van der Waals surface area (Å²) in [7, 11) is 0. The molecule has 0 spiro atoms. The number of anilines is 1. The summed E-state index contributed by atoms with van der Waals surface area (Å²) < 4.78 is 3.89. The molecular formula is C18H28N6O. The van der Waals surface area contributed by atoms with Crippen molar-refractivity contribution in [1.29, 1.82) is 0 Å². The molecule has 2 N–H and O–H groups in total. The fourth-order valence-corrected chi connectivity index (χ4v) is 3.35. The average molecular weight is 344 g/mol. The SMILES string of the molecule is Cc1cnn([C@H](C)[C@H](C)NCC(=O)Nc2ccnn2C2CCCC2)c1. The van der Waals surface area contributed by atoms with E-state index in [1.807, 2.05) is 34.7 Å². The van der Waals surface area contributed by atoms with Crippen molar-refractivity contribution in [3.8, 4) is 0 Å². The molecule has 1 saturated carbocycles. The van der Waals surface area contributed by atoms with Gasteiger partial charge in [-0.1, -0.05) is 12.8 Å². The molecule has 1 amide bonds. The second-order valence-electron chi connectivity index (χ2n) is 7.06. The Morgan fingerprint density at radius 2 is 2.08 bits per heavy atom. The molecule has 7 nitrogen and oxygen atoms in total. The van der Waals surface area contributed by atoms with Crippen LogP contribution in [0.2, 0.25) is 0 Å². The molecule has 136 valence electrons. The van der Waals surface area contributed by atoms with Crippen LogP contribution < -0.4 is 10.6 Å². The Bertz CT molecular complexity index is 700. The number of carbonyl (C=O) groups is 1. The molecule has 0 radical (unpaired) electrons. The van der Waals surface area contributed by atoms with Gasteiger partial charge in [0, 0.05) is 18.3 Å². The van der Waals surface area contributed by atoms with Gasteiger partial charge in [0.2, 0.25) is 5.91 Å². The third-order valence-electron chi connectivity index (χ3n) is 5.06. The van der Waals surface area contributed by atoms with E-state index in [2.05, 4.69) is 34.7 Å². The molecule has 2 atom stereocenters. The number of aromatic nitrogens is 4. The average Bonchev–Trinajstić information content (AvgIpc) is 3.32. The van der Waals surface area contributed by atoms with Gasteiger partial charge in [-0.25, -0.2) is 4.68 Å². The molecule has 7 heteroatoms. The summed E-state index contributed by atoms with van der Waals surface area (Å²) in [4.78, 5) is 12.3. The molecule has 1 aliphatic carbocycles. The summed E-state index contributed by atoms with van der Waals surface area (Å²) >= 11 is 0. The van der Waals surface area contributed by atoms with Crippen molar-refractivity contribution >= 4 is 11.7 Å². The number of hydrogen-bond donors (Lipinski definition) is 2. The van der Waals surface area contributed by atoms with E-state index < -0.39 is 0 Å². The zero-order valence-corrected chi connectivity index (χ0v) is 15.3. The number of carbonyl (C=O) groups excluding carboxylic acids is 1. The van der Waals surface area contributed by atoms with Gasteiger partial charge >= 0.3 is 0 Å². The van der Waals surface area contributed by atoms with Crippen molar-refractivity contribution in [2.75, 3.05) is 11.9 Å². The van der Waals surface area contributed by atoms with E-state index in [0.29, 0.717) is 6.04 Å². The Hall–Kier alpha value is -2.15. The first-order chi connectivity index (χ1) is 12.0.